The van der Waals surface area contributed by atoms with Crippen molar-refractivity contribution in [1.29, 1.82) is 0 Å². The number of benzene rings is 1. The van der Waals surface area contributed by atoms with Crippen LogP contribution in [0.1, 0.15) is 19.3 Å². The number of anilines is 2. The fourth-order valence-electron chi connectivity index (χ4n) is 2.89. The Kier molecular flexibility index (Phi) is 4.41. The minimum Gasteiger partial charge on any atom is -0.381 e. The maximum atomic E-state index is 11.4. The molecule has 1 atom stereocenters. The van der Waals surface area contributed by atoms with Gasteiger partial charge in [-0.2, -0.15) is 0 Å². The molecule has 5 nitrogen and oxygen atoms in total. The SMILES string of the molecule is COCC(=O)Nc1ccc(NC2CCN(C3CC3)C2)cc1. The quantitative estimate of drug-likeness (QED) is 0.840. The standard InChI is InChI=1S/C16H23N3O2/c1-21-11-16(20)18-13-4-2-12(3-5-13)17-14-8-9-19(10-14)15-6-7-15/h2-5,14-15,17H,6-11H2,1H3,(H,18,20). The summed E-state index contributed by atoms with van der Waals surface area (Å²) in [5.41, 5.74) is 1.91. The summed E-state index contributed by atoms with van der Waals surface area (Å²) >= 11 is 0. The Balaban J connectivity index is 1.49. The molecule has 0 radical (unpaired) electrons. The molecule has 1 aromatic carbocycles. The number of likely N-dealkylation sites (tertiary alicyclic amines) is 1. The van der Waals surface area contributed by atoms with E-state index in [0.29, 0.717) is 6.04 Å². The maximum absolute atomic E-state index is 11.4. The lowest BCUT2D eigenvalue weighted by molar-refractivity contribution is -0.119. The van der Waals surface area contributed by atoms with Gasteiger partial charge in [-0.25, -0.2) is 0 Å². The number of rotatable bonds is 6. The largest absolute Gasteiger partial charge is 0.381 e. The highest BCUT2D eigenvalue weighted by Crippen LogP contribution is 2.30. The number of hydrogen-bond donors (Lipinski definition) is 2. The van der Waals surface area contributed by atoms with E-state index >= 15 is 0 Å². The zero-order valence-corrected chi connectivity index (χ0v) is 12.5. The van der Waals surface area contributed by atoms with Crippen molar-refractivity contribution in [3.05, 3.63) is 24.3 Å². The van der Waals surface area contributed by atoms with Crippen LogP contribution >= 0.6 is 0 Å². The number of carbonyl (C=O) groups excluding carboxylic acids is 1. The van der Waals surface area contributed by atoms with Crippen LogP contribution in [0.2, 0.25) is 0 Å². The summed E-state index contributed by atoms with van der Waals surface area (Å²) in [6.07, 6.45) is 3.97. The molecule has 21 heavy (non-hydrogen) atoms. The first kappa shape index (κ1) is 14.4. The molecule has 1 aliphatic heterocycles. The van der Waals surface area contributed by atoms with Gasteiger partial charge >= 0.3 is 0 Å². The fourth-order valence-corrected chi connectivity index (χ4v) is 2.89. The molecule has 5 heteroatoms. The minimum atomic E-state index is -0.130. The van der Waals surface area contributed by atoms with E-state index in [1.807, 2.05) is 24.3 Å². The maximum Gasteiger partial charge on any atom is 0.250 e. The van der Waals surface area contributed by atoms with Crippen LogP contribution in [0.3, 0.4) is 0 Å². The van der Waals surface area contributed by atoms with Gasteiger partial charge in [0.05, 0.1) is 0 Å². The third-order valence-corrected chi connectivity index (χ3v) is 4.10. The summed E-state index contributed by atoms with van der Waals surface area (Å²) in [6.45, 7) is 2.45. The zero-order chi connectivity index (χ0) is 14.7. The number of nitrogens with one attached hydrogen (secondary N) is 2. The molecular weight excluding hydrogens is 266 g/mol. The first-order chi connectivity index (χ1) is 10.2. The third-order valence-electron chi connectivity index (χ3n) is 4.10. The van der Waals surface area contributed by atoms with E-state index in [1.165, 1.54) is 32.9 Å². The van der Waals surface area contributed by atoms with E-state index < -0.39 is 0 Å². The summed E-state index contributed by atoms with van der Waals surface area (Å²) in [5.74, 6) is -0.130. The lowest BCUT2D eigenvalue weighted by atomic mass is 10.2. The fraction of sp³-hybridized carbons (Fsp3) is 0.562. The predicted molar refractivity (Wildman–Crippen MR) is 83.6 cm³/mol. The van der Waals surface area contributed by atoms with Crippen molar-refractivity contribution in [2.75, 3.05) is 37.4 Å². The van der Waals surface area contributed by atoms with Gasteiger partial charge in [-0.3, -0.25) is 9.69 Å². The van der Waals surface area contributed by atoms with Crippen LogP contribution in [0.25, 0.3) is 0 Å². The molecule has 0 spiro atoms. The van der Waals surface area contributed by atoms with Crippen LogP contribution in [0, 0.1) is 0 Å². The second-order valence-electron chi connectivity index (χ2n) is 5.91. The van der Waals surface area contributed by atoms with Crippen molar-refractivity contribution >= 4 is 17.3 Å². The number of hydrogen-bond acceptors (Lipinski definition) is 4. The summed E-state index contributed by atoms with van der Waals surface area (Å²) in [4.78, 5) is 14.0. The smallest absolute Gasteiger partial charge is 0.250 e. The number of amides is 1. The molecule has 0 aromatic heterocycles. The van der Waals surface area contributed by atoms with E-state index in [9.17, 15) is 4.79 Å². The highest BCUT2D eigenvalue weighted by atomic mass is 16.5. The molecule has 1 saturated heterocycles. The Bertz CT molecular complexity index is 485. The van der Waals surface area contributed by atoms with Crippen molar-refractivity contribution in [3.8, 4) is 0 Å². The molecule has 1 aromatic rings. The molecule has 1 heterocycles. The van der Waals surface area contributed by atoms with E-state index in [1.54, 1.807) is 0 Å². The van der Waals surface area contributed by atoms with Crippen LogP contribution in [-0.4, -0.2) is 49.7 Å². The van der Waals surface area contributed by atoms with Crippen LogP contribution in [-0.2, 0) is 9.53 Å². The van der Waals surface area contributed by atoms with Crippen molar-refractivity contribution in [2.45, 2.75) is 31.3 Å². The normalized spacial score (nSPS) is 22.2. The Morgan fingerprint density at radius 1 is 1.24 bits per heavy atom. The number of methoxy groups -OCH3 is 1. The van der Waals surface area contributed by atoms with Gasteiger partial charge in [0.25, 0.3) is 0 Å². The third kappa shape index (κ3) is 3.95. The van der Waals surface area contributed by atoms with Gasteiger partial charge in [-0.05, 0) is 43.5 Å². The molecule has 2 fully saturated rings. The van der Waals surface area contributed by atoms with E-state index in [2.05, 4.69) is 15.5 Å². The summed E-state index contributed by atoms with van der Waals surface area (Å²) in [6, 6.07) is 9.27. The average molecular weight is 289 g/mol. The number of ether oxygens (including phenoxy) is 1. The molecule has 2 aliphatic rings. The van der Waals surface area contributed by atoms with Gasteiger partial charge in [0, 0.05) is 43.7 Å². The lowest BCUT2D eigenvalue weighted by Gasteiger charge is -2.17. The Morgan fingerprint density at radius 3 is 2.62 bits per heavy atom. The van der Waals surface area contributed by atoms with Gasteiger partial charge < -0.3 is 15.4 Å². The van der Waals surface area contributed by atoms with Crippen molar-refractivity contribution in [1.82, 2.24) is 4.90 Å². The van der Waals surface area contributed by atoms with Gasteiger partial charge in [0.15, 0.2) is 0 Å². The van der Waals surface area contributed by atoms with E-state index in [4.69, 9.17) is 4.74 Å². The van der Waals surface area contributed by atoms with Crippen LogP contribution in [0.5, 0.6) is 0 Å². The summed E-state index contributed by atoms with van der Waals surface area (Å²) < 4.78 is 4.79. The second kappa shape index (κ2) is 6.45. The molecule has 2 N–H and O–H groups in total. The van der Waals surface area contributed by atoms with E-state index in [-0.39, 0.29) is 12.5 Å². The molecule has 1 unspecified atom stereocenters. The number of nitrogens with zero attached hydrogens (tertiary/aromatic N) is 1. The van der Waals surface area contributed by atoms with Crippen molar-refractivity contribution in [2.24, 2.45) is 0 Å². The Morgan fingerprint density at radius 2 is 1.95 bits per heavy atom. The van der Waals surface area contributed by atoms with Gasteiger partial charge in [0.2, 0.25) is 5.91 Å². The second-order valence-corrected chi connectivity index (χ2v) is 5.91. The molecule has 1 amide bonds. The van der Waals surface area contributed by atoms with Crippen molar-refractivity contribution in [3.63, 3.8) is 0 Å². The summed E-state index contributed by atoms with van der Waals surface area (Å²) in [5, 5.41) is 6.37. The molecule has 114 valence electrons. The number of carbonyl (C=O) groups is 1. The molecule has 1 saturated carbocycles. The Labute approximate surface area is 125 Å². The highest BCUT2D eigenvalue weighted by molar-refractivity contribution is 5.91. The van der Waals surface area contributed by atoms with Crippen LogP contribution in [0.15, 0.2) is 24.3 Å². The predicted octanol–water partition coefficient (Wildman–Crippen LogP) is 1.92. The van der Waals surface area contributed by atoms with Gasteiger partial charge in [-0.1, -0.05) is 0 Å². The molecular formula is C16H23N3O2. The van der Waals surface area contributed by atoms with Crippen LogP contribution in [0.4, 0.5) is 11.4 Å². The van der Waals surface area contributed by atoms with Gasteiger partial charge in [0.1, 0.15) is 6.61 Å². The summed E-state index contributed by atoms with van der Waals surface area (Å²) in [7, 11) is 1.51. The minimum absolute atomic E-state index is 0.0824. The van der Waals surface area contributed by atoms with Crippen LogP contribution < -0.4 is 10.6 Å². The first-order valence-corrected chi connectivity index (χ1v) is 7.64. The van der Waals surface area contributed by atoms with Gasteiger partial charge in [-0.15, -0.1) is 0 Å². The first-order valence-electron chi connectivity index (χ1n) is 7.64. The molecule has 1 aliphatic carbocycles. The monoisotopic (exact) mass is 289 g/mol. The average Bonchev–Trinajstić information content (AvgIpc) is 3.22. The van der Waals surface area contributed by atoms with Crippen molar-refractivity contribution < 1.29 is 9.53 Å². The Hall–Kier alpha value is -1.59. The highest BCUT2D eigenvalue weighted by Gasteiger charge is 2.34. The molecule has 0 bridgehead atoms. The van der Waals surface area contributed by atoms with E-state index in [0.717, 1.165) is 24.0 Å². The topological polar surface area (TPSA) is 53.6 Å². The lowest BCUT2D eigenvalue weighted by Crippen LogP contribution is -2.27. The molecule has 3 rings (SSSR count). The zero-order valence-electron chi connectivity index (χ0n) is 12.5.